The summed E-state index contributed by atoms with van der Waals surface area (Å²) in [4.78, 5) is 0.891. The molecule has 1 unspecified atom stereocenters. The molecule has 2 aromatic rings. The van der Waals surface area contributed by atoms with Crippen LogP contribution in [0.25, 0.3) is 0 Å². The fourth-order valence-electron chi connectivity index (χ4n) is 2.25. The Morgan fingerprint density at radius 1 is 1.14 bits per heavy atom. The largest absolute Gasteiger partial charge is 0.464 e. The molecule has 0 radical (unpaired) electrons. The van der Waals surface area contributed by atoms with Gasteiger partial charge in [-0.25, -0.2) is 0 Å². The van der Waals surface area contributed by atoms with Gasteiger partial charge in [-0.3, -0.25) is 4.21 Å². The summed E-state index contributed by atoms with van der Waals surface area (Å²) in [7, 11) is -1.06. The van der Waals surface area contributed by atoms with E-state index in [1.54, 1.807) is 0 Å². The van der Waals surface area contributed by atoms with E-state index in [-0.39, 0.29) is 0 Å². The summed E-state index contributed by atoms with van der Waals surface area (Å²) in [5, 5.41) is 3.30. The van der Waals surface area contributed by atoms with Crippen LogP contribution < -0.4 is 5.32 Å². The SMILES string of the molecule is CCCNCc1ccc(CS(=O)c2ccc(C)cc2C)o1. The standard InChI is InChI=1S/C17H23NO2S/c1-4-9-18-11-15-6-7-16(20-15)12-21(19)17-8-5-13(2)10-14(17)3/h5-8,10,18H,4,9,11-12H2,1-3H3. The zero-order valence-corrected chi connectivity index (χ0v) is 13.8. The monoisotopic (exact) mass is 305 g/mol. The molecule has 0 aliphatic carbocycles. The molecule has 0 spiro atoms. The molecule has 1 aromatic heterocycles. The number of hydrogen-bond donors (Lipinski definition) is 1. The van der Waals surface area contributed by atoms with Gasteiger partial charge in [0.1, 0.15) is 11.5 Å². The molecule has 4 heteroatoms. The molecule has 0 aliphatic rings. The van der Waals surface area contributed by atoms with Gasteiger partial charge < -0.3 is 9.73 Å². The van der Waals surface area contributed by atoms with E-state index in [0.717, 1.165) is 41.5 Å². The van der Waals surface area contributed by atoms with Gasteiger partial charge in [-0.2, -0.15) is 0 Å². The number of nitrogens with one attached hydrogen (secondary N) is 1. The lowest BCUT2D eigenvalue weighted by molar-refractivity contribution is 0.458. The zero-order valence-electron chi connectivity index (χ0n) is 12.9. The van der Waals surface area contributed by atoms with E-state index in [4.69, 9.17) is 4.42 Å². The maximum Gasteiger partial charge on any atom is 0.118 e. The van der Waals surface area contributed by atoms with Gasteiger partial charge in [0.05, 0.1) is 23.1 Å². The molecule has 21 heavy (non-hydrogen) atoms. The van der Waals surface area contributed by atoms with Crippen LogP contribution in [0.4, 0.5) is 0 Å². The Balaban J connectivity index is 1.99. The van der Waals surface area contributed by atoms with Crippen molar-refractivity contribution < 1.29 is 8.63 Å². The zero-order chi connectivity index (χ0) is 15.2. The van der Waals surface area contributed by atoms with Crippen LogP contribution in [0.2, 0.25) is 0 Å². The highest BCUT2D eigenvalue weighted by molar-refractivity contribution is 7.84. The smallest absolute Gasteiger partial charge is 0.118 e. The van der Waals surface area contributed by atoms with Crippen molar-refractivity contribution in [2.24, 2.45) is 0 Å². The highest BCUT2D eigenvalue weighted by Crippen LogP contribution is 2.19. The number of furan rings is 1. The Bertz CT molecular complexity index is 619. The lowest BCUT2D eigenvalue weighted by Crippen LogP contribution is -2.13. The molecule has 114 valence electrons. The third-order valence-corrected chi connectivity index (χ3v) is 4.79. The van der Waals surface area contributed by atoms with Crippen molar-refractivity contribution in [3.05, 3.63) is 53.0 Å². The Hall–Kier alpha value is -1.39. The van der Waals surface area contributed by atoms with Gasteiger partial charge in [0.15, 0.2) is 0 Å². The fraction of sp³-hybridized carbons (Fsp3) is 0.412. The molecule has 0 bridgehead atoms. The average Bonchev–Trinajstić information content (AvgIpc) is 2.86. The molecular formula is C17H23NO2S. The Morgan fingerprint density at radius 2 is 1.90 bits per heavy atom. The predicted octanol–water partition coefficient (Wildman–Crippen LogP) is 3.70. The predicted molar refractivity (Wildman–Crippen MR) is 86.7 cm³/mol. The molecule has 0 saturated carbocycles. The second kappa shape index (κ2) is 7.57. The molecule has 2 rings (SSSR count). The Kier molecular flexibility index (Phi) is 5.76. The summed E-state index contributed by atoms with van der Waals surface area (Å²) in [6, 6.07) is 9.90. The molecule has 1 aromatic carbocycles. The van der Waals surface area contributed by atoms with Gasteiger partial charge in [0.2, 0.25) is 0 Å². The molecule has 1 atom stereocenters. The fourth-order valence-corrected chi connectivity index (χ4v) is 3.45. The van der Waals surface area contributed by atoms with Crippen LogP contribution in [0.5, 0.6) is 0 Å². The lowest BCUT2D eigenvalue weighted by atomic mass is 10.2. The van der Waals surface area contributed by atoms with E-state index in [0.29, 0.717) is 5.75 Å². The van der Waals surface area contributed by atoms with Crippen molar-refractivity contribution in [1.82, 2.24) is 5.32 Å². The summed E-state index contributed by atoms with van der Waals surface area (Å²) in [5.74, 6) is 2.11. The summed E-state index contributed by atoms with van der Waals surface area (Å²) in [6.07, 6.45) is 1.10. The molecule has 0 fully saturated rings. The Labute approximate surface area is 129 Å². The molecular weight excluding hydrogens is 282 g/mol. The normalized spacial score (nSPS) is 12.5. The van der Waals surface area contributed by atoms with Gasteiger partial charge in [-0.15, -0.1) is 0 Å². The van der Waals surface area contributed by atoms with Gasteiger partial charge in [0, 0.05) is 4.90 Å². The third kappa shape index (κ3) is 4.55. The maximum atomic E-state index is 12.5. The van der Waals surface area contributed by atoms with Crippen LogP contribution >= 0.6 is 0 Å². The second-order valence-electron chi connectivity index (χ2n) is 5.30. The average molecular weight is 305 g/mol. The van der Waals surface area contributed by atoms with Crippen molar-refractivity contribution in [3.63, 3.8) is 0 Å². The van der Waals surface area contributed by atoms with E-state index < -0.39 is 10.8 Å². The van der Waals surface area contributed by atoms with Gasteiger partial charge >= 0.3 is 0 Å². The molecule has 0 amide bonds. The second-order valence-corrected chi connectivity index (χ2v) is 6.72. The number of hydrogen-bond acceptors (Lipinski definition) is 3. The van der Waals surface area contributed by atoms with Crippen LogP contribution in [0.1, 0.15) is 36.0 Å². The minimum atomic E-state index is -1.06. The highest BCUT2D eigenvalue weighted by atomic mass is 32.2. The van der Waals surface area contributed by atoms with E-state index in [1.807, 2.05) is 38.1 Å². The third-order valence-electron chi connectivity index (χ3n) is 3.29. The number of benzene rings is 1. The first-order valence-electron chi connectivity index (χ1n) is 7.34. The topological polar surface area (TPSA) is 42.2 Å². The molecule has 0 aliphatic heterocycles. The molecule has 1 N–H and O–H groups in total. The number of rotatable bonds is 7. The summed E-state index contributed by atoms with van der Waals surface area (Å²) < 4.78 is 18.2. The first-order valence-corrected chi connectivity index (χ1v) is 8.66. The van der Waals surface area contributed by atoms with E-state index in [9.17, 15) is 4.21 Å². The van der Waals surface area contributed by atoms with Crippen LogP contribution in [0, 0.1) is 13.8 Å². The molecule has 0 saturated heterocycles. The van der Waals surface area contributed by atoms with E-state index in [1.165, 1.54) is 5.56 Å². The summed E-state index contributed by atoms with van der Waals surface area (Å²) >= 11 is 0. The van der Waals surface area contributed by atoms with Crippen molar-refractivity contribution in [1.29, 1.82) is 0 Å². The lowest BCUT2D eigenvalue weighted by Gasteiger charge is -2.06. The molecule has 1 heterocycles. The van der Waals surface area contributed by atoms with Crippen molar-refractivity contribution >= 4 is 10.8 Å². The van der Waals surface area contributed by atoms with Crippen molar-refractivity contribution in [3.8, 4) is 0 Å². The quantitative estimate of drug-likeness (QED) is 0.793. The van der Waals surface area contributed by atoms with Gasteiger partial charge in [0.25, 0.3) is 0 Å². The first kappa shape index (κ1) is 16.0. The van der Waals surface area contributed by atoms with Crippen molar-refractivity contribution in [2.75, 3.05) is 6.54 Å². The molecule has 3 nitrogen and oxygen atoms in total. The van der Waals surface area contributed by atoms with Crippen LogP contribution in [-0.4, -0.2) is 10.8 Å². The van der Waals surface area contributed by atoms with E-state index in [2.05, 4.69) is 18.3 Å². The van der Waals surface area contributed by atoms with Crippen LogP contribution in [0.15, 0.2) is 39.6 Å². The number of aryl methyl sites for hydroxylation is 2. The Morgan fingerprint density at radius 3 is 2.62 bits per heavy atom. The van der Waals surface area contributed by atoms with Crippen molar-refractivity contribution in [2.45, 2.75) is 44.4 Å². The summed E-state index contributed by atoms with van der Waals surface area (Å²) in [6.45, 7) is 7.88. The maximum absolute atomic E-state index is 12.5. The van der Waals surface area contributed by atoms with Gasteiger partial charge in [-0.1, -0.05) is 24.6 Å². The van der Waals surface area contributed by atoms with E-state index >= 15 is 0 Å². The van der Waals surface area contributed by atoms with Crippen LogP contribution in [-0.2, 0) is 23.1 Å². The minimum Gasteiger partial charge on any atom is -0.464 e. The van der Waals surface area contributed by atoms with Gasteiger partial charge in [-0.05, 0) is 50.6 Å². The van der Waals surface area contributed by atoms with Crippen LogP contribution in [0.3, 0.4) is 0 Å². The first-order chi connectivity index (χ1) is 10.1. The minimum absolute atomic E-state index is 0.428. The summed E-state index contributed by atoms with van der Waals surface area (Å²) in [5.41, 5.74) is 2.26. The highest BCUT2D eigenvalue weighted by Gasteiger charge is 2.11.